The SMILES string of the molecule is O=C(O)c1ccc2c(c1)Sc1cc3c(cc1CC2)CCC3O. The van der Waals surface area contributed by atoms with Crippen LogP contribution in [-0.4, -0.2) is 16.2 Å². The molecule has 1 aliphatic heterocycles. The molecule has 2 aromatic carbocycles. The third-order valence-corrected chi connectivity index (χ3v) is 5.77. The van der Waals surface area contributed by atoms with E-state index in [1.807, 2.05) is 6.07 Å². The van der Waals surface area contributed by atoms with Crippen LogP contribution in [0.25, 0.3) is 0 Å². The van der Waals surface area contributed by atoms with Crippen molar-refractivity contribution in [3.63, 3.8) is 0 Å². The van der Waals surface area contributed by atoms with Crippen LogP contribution >= 0.6 is 11.8 Å². The van der Waals surface area contributed by atoms with Crippen LogP contribution in [0.15, 0.2) is 40.1 Å². The highest BCUT2D eigenvalue weighted by atomic mass is 32.2. The Hall–Kier alpha value is -1.78. The molecule has 22 heavy (non-hydrogen) atoms. The maximum atomic E-state index is 11.2. The number of aliphatic hydroxyl groups is 1. The van der Waals surface area contributed by atoms with E-state index in [4.69, 9.17) is 0 Å². The molecule has 4 heteroatoms. The van der Waals surface area contributed by atoms with Crippen LogP contribution in [0.5, 0.6) is 0 Å². The molecule has 1 heterocycles. The topological polar surface area (TPSA) is 57.5 Å². The van der Waals surface area contributed by atoms with Gasteiger partial charge in [0.15, 0.2) is 0 Å². The summed E-state index contributed by atoms with van der Waals surface area (Å²) in [6.07, 6.45) is 3.29. The molecule has 0 radical (unpaired) electrons. The quantitative estimate of drug-likeness (QED) is 0.844. The standard InChI is InChI=1S/C18H16O3S/c19-15-6-5-11-7-12-3-1-10-2-4-13(18(20)21)8-16(10)22-17(12)9-14(11)15/h2,4,7-9,15,19H,1,3,5-6H2,(H,20,21). The molecule has 2 N–H and O–H groups in total. The van der Waals surface area contributed by atoms with Gasteiger partial charge in [0, 0.05) is 9.79 Å². The van der Waals surface area contributed by atoms with Gasteiger partial charge in [-0.1, -0.05) is 23.9 Å². The van der Waals surface area contributed by atoms with E-state index in [-0.39, 0.29) is 6.10 Å². The van der Waals surface area contributed by atoms with E-state index in [1.165, 1.54) is 16.7 Å². The summed E-state index contributed by atoms with van der Waals surface area (Å²) in [4.78, 5) is 13.3. The molecule has 1 atom stereocenters. The summed E-state index contributed by atoms with van der Waals surface area (Å²) >= 11 is 1.63. The van der Waals surface area contributed by atoms with E-state index in [1.54, 1.807) is 23.9 Å². The number of aliphatic hydroxyl groups excluding tert-OH is 1. The van der Waals surface area contributed by atoms with Crippen molar-refractivity contribution >= 4 is 17.7 Å². The van der Waals surface area contributed by atoms with Crippen LogP contribution < -0.4 is 0 Å². The Morgan fingerprint density at radius 3 is 2.59 bits per heavy atom. The predicted molar refractivity (Wildman–Crippen MR) is 84.7 cm³/mol. The van der Waals surface area contributed by atoms with Gasteiger partial charge < -0.3 is 10.2 Å². The van der Waals surface area contributed by atoms with Crippen molar-refractivity contribution in [1.29, 1.82) is 0 Å². The molecule has 3 nitrogen and oxygen atoms in total. The van der Waals surface area contributed by atoms with Gasteiger partial charge in [-0.2, -0.15) is 0 Å². The van der Waals surface area contributed by atoms with Crippen LogP contribution in [0.1, 0.15) is 45.1 Å². The number of fused-ring (bicyclic) bond motifs is 3. The minimum Gasteiger partial charge on any atom is -0.478 e. The van der Waals surface area contributed by atoms with Crippen molar-refractivity contribution in [2.24, 2.45) is 0 Å². The Bertz CT molecular complexity index is 782. The van der Waals surface area contributed by atoms with E-state index in [9.17, 15) is 15.0 Å². The van der Waals surface area contributed by atoms with Gasteiger partial charge in [-0.15, -0.1) is 0 Å². The van der Waals surface area contributed by atoms with E-state index in [0.717, 1.165) is 41.0 Å². The lowest BCUT2D eigenvalue weighted by Crippen LogP contribution is -1.98. The third kappa shape index (κ3) is 2.23. The summed E-state index contributed by atoms with van der Waals surface area (Å²) in [5.74, 6) is -0.891. The van der Waals surface area contributed by atoms with Crippen molar-refractivity contribution in [2.45, 2.75) is 41.6 Å². The van der Waals surface area contributed by atoms with Gasteiger partial charge in [-0.3, -0.25) is 0 Å². The molecule has 1 unspecified atom stereocenters. The average Bonchev–Trinajstić information content (AvgIpc) is 2.76. The monoisotopic (exact) mass is 312 g/mol. The second kappa shape index (κ2) is 5.14. The lowest BCUT2D eigenvalue weighted by atomic mass is 9.99. The van der Waals surface area contributed by atoms with Crippen LogP contribution in [-0.2, 0) is 19.3 Å². The molecule has 4 rings (SSSR count). The summed E-state index contributed by atoms with van der Waals surface area (Å²) in [6, 6.07) is 9.72. The van der Waals surface area contributed by atoms with Gasteiger partial charge in [0.05, 0.1) is 11.7 Å². The lowest BCUT2D eigenvalue weighted by molar-refractivity contribution is 0.0696. The molecule has 0 bridgehead atoms. The maximum Gasteiger partial charge on any atom is 0.335 e. The summed E-state index contributed by atoms with van der Waals surface area (Å²) in [5, 5.41) is 19.2. The minimum atomic E-state index is -0.891. The van der Waals surface area contributed by atoms with Crippen LogP contribution in [0.3, 0.4) is 0 Å². The van der Waals surface area contributed by atoms with E-state index >= 15 is 0 Å². The predicted octanol–water partition coefficient (Wildman–Crippen LogP) is 3.61. The van der Waals surface area contributed by atoms with Gasteiger partial charge in [-0.05, 0) is 66.1 Å². The van der Waals surface area contributed by atoms with Gasteiger partial charge in [0.25, 0.3) is 0 Å². The molecule has 0 aromatic heterocycles. The average molecular weight is 312 g/mol. The largest absolute Gasteiger partial charge is 0.478 e. The van der Waals surface area contributed by atoms with Gasteiger partial charge in [0.2, 0.25) is 0 Å². The van der Waals surface area contributed by atoms with E-state index < -0.39 is 5.97 Å². The summed E-state index contributed by atoms with van der Waals surface area (Å²) in [6.45, 7) is 0. The zero-order valence-electron chi connectivity index (χ0n) is 12.0. The fraction of sp³-hybridized carbons (Fsp3) is 0.278. The molecular weight excluding hydrogens is 296 g/mol. The Labute approximate surface area is 133 Å². The maximum absolute atomic E-state index is 11.2. The molecule has 2 aromatic rings. The molecule has 0 fully saturated rings. The highest BCUT2D eigenvalue weighted by molar-refractivity contribution is 7.99. The Morgan fingerprint density at radius 1 is 1.00 bits per heavy atom. The highest BCUT2D eigenvalue weighted by Crippen LogP contribution is 2.42. The number of hydrogen-bond donors (Lipinski definition) is 2. The number of carbonyl (C=O) groups is 1. The number of aromatic carboxylic acids is 1. The molecule has 0 saturated heterocycles. The minimum absolute atomic E-state index is 0.330. The normalized spacial score (nSPS) is 19.0. The van der Waals surface area contributed by atoms with Gasteiger partial charge in [0.1, 0.15) is 0 Å². The van der Waals surface area contributed by atoms with E-state index in [0.29, 0.717) is 5.56 Å². The smallest absolute Gasteiger partial charge is 0.335 e. The fourth-order valence-electron chi connectivity index (χ4n) is 3.33. The number of benzene rings is 2. The molecule has 2 aliphatic rings. The molecule has 0 spiro atoms. The van der Waals surface area contributed by atoms with Gasteiger partial charge >= 0.3 is 5.97 Å². The van der Waals surface area contributed by atoms with Crippen LogP contribution in [0.2, 0.25) is 0 Å². The highest BCUT2D eigenvalue weighted by Gasteiger charge is 2.24. The summed E-state index contributed by atoms with van der Waals surface area (Å²) in [7, 11) is 0. The van der Waals surface area contributed by atoms with Crippen molar-refractivity contribution in [1.82, 2.24) is 0 Å². The number of carboxylic acid groups (broad SMARTS) is 1. The Kier molecular flexibility index (Phi) is 3.24. The summed E-state index contributed by atoms with van der Waals surface area (Å²) < 4.78 is 0. The number of hydrogen-bond acceptors (Lipinski definition) is 3. The Balaban J connectivity index is 1.79. The lowest BCUT2D eigenvalue weighted by Gasteiger charge is -2.11. The zero-order valence-corrected chi connectivity index (χ0v) is 12.8. The van der Waals surface area contributed by atoms with Gasteiger partial charge in [-0.25, -0.2) is 4.79 Å². The molecular formula is C18H16O3S. The zero-order chi connectivity index (χ0) is 15.3. The summed E-state index contributed by atoms with van der Waals surface area (Å²) in [5.41, 5.74) is 5.15. The number of aryl methyl sites for hydroxylation is 3. The van der Waals surface area contributed by atoms with Crippen molar-refractivity contribution in [3.05, 3.63) is 58.1 Å². The molecule has 0 saturated carbocycles. The van der Waals surface area contributed by atoms with Crippen LogP contribution in [0.4, 0.5) is 0 Å². The first-order chi connectivity index (χ1) is 10.6. The van der Waals surface area contributed by atoms with Crippen molar-refractivity contribution in [2.75, 3.05) is 0 Å². The Morgan fingerprint density at radius 2 is 1.77 bits per heavy atom. The van der Waals surface area contributed by atoms with E-state index in [2.05, 4.69) is 12.1 Å². The number of rotatable bonds is 1. The van der Waals surface area contributed by atoms with Crippen molar-refractivity contribution in [3.8, 4) is 0 Å². The first-order valence-corrected chi connectivity index (χ1v) is 8.31. The second-order valence-corrected chi connectivity index (χ2v) is 7.03. The first kappa shape index (κ1) is 13.9. The fourth-order valence-corrected chi connectivity index (χ4v) is 4.54. The van der Waals surface area contributed by atoms with Crippen molar-refractivity contribution < 1.29 is 15.0 Å². The van der Waals surface area contributed by atoms with Crippen LogP contribution in [0, 0.1) is 0 Å². The second-order valence-electron chi connectivity index (χ2n) is 5.94. The molecule has 0 amide bonds. The third-order valence-electron chi connectivity index (χ3n) is 4.57. The molecule has 1 aliphatic carbocycles. The molecule has 112 valence electrons. The number of carboxylic acids is 1. The first-order valence-electron chi connectivity index (χ1n) is 7.49.